The van der Waals surface area contributed by atoms with Crippen molar-refractivity contribution in [3.63, 3.8) is 0 Å². The van der Waals surface area contributed by atoms with Gasteiger partial charge in [0.2, 0.25) is 0 Å². The van der Waals surface area contributed by atoms with Crippen LogP contribution in [0.5, 0.6) is 0 Å². The lowest BCUT2D eigenvalue weighted by Gasteiger charge is -2.19. The van der Waals surface area contributed by atoms with E-state index >= 15 is 0 Å². The molecular formula is C30H35Cl2N3O2. The molecule has 1 fully saturated rings. The Labute approximate surface area is 229 Å². The maximum Gasteiger partial charge on any atom is 0.274 e. The summed E-state index contributed by atoms with van der Waals surface area (Å²) in [5, 5.41) is 7.42. The van der Waals surface area contributed by atoms with E-state index in [2.05, 4.69) is 30.3 Å². The van der Waals surface area contributed by atoms with Crippen LogP contribution in [-0.2, 0) is 12.8 Å². The molecule has 1 saturated heterocycles. The highest BCUT2D eigenvalue weighted by molar-refractivity contribution is 6.30. The van der Waals surface area contributed by atoms with Gasteiger partial charge in [0, 0.05) is 29.7 Å². The number of quaternary nitrogens is 1. The zero-order valence-electron chi connectivity index (χ0n) is 21.0. The van der Waals surface area contributed by atoms with E-state index < -0.39 is 0 Å². The van der Waals surface area contributed by atoms with Crippen molar-refractivity contribution in [3.05, 3.63) is 111 Å². The molecule has 4 aromatic rings. The fourth-order valence-corrected chi connectivity index (χ4v) is 5.48. The second-order valence-corrected chi connectivity index (χ2v) is 10.2. The van der Waals surface area contributed by atoms with Crippen molar-refractivity contribution in [3.8, 4) is 0 Å². The molecule has 2 unspecified atom stereocenters. The third-order valence-corrected chi connectivity index (χ3v) is 7.52. The molecule has 3 N–H and O–H groups in total. The Morgan fingerprint density at radius 3 is 2.32 bits per heavy atom. The summed E-state index contributed by atoms with van der Waals surface area (Å²) in [5.74, 6) is 0. The Kier molecular flexibility index (Phi) is 10.7. The number of hydrogen-bond donors (Lipinski definition) is 1. The van der Waals surface area contributed by atoms with Gasteiger partial charge in [0.15, 0.2) is 0 Å². The molecule has 2 atom stereocenters. The number of likely N-dealkylation sites (tertiary alicyclic amines) is 1. The molecule has 1 aliphatic heterocycles. The van der Waals surface area contributed by atoms with Crippen LogP contribution in [0, 0.1) is 0 Å². The van der Waals surface area contributed by atoms with Crippen LogP contribution in [0.3, 0.4) is 0 Å². The van der Waals surface area contributed by atoms with Crippen LogP contribution < -0.4 is 22.9 Å². The molecule has 7 heteroatoms. The topological polar surface area (TPSA) is 70.8 Å². The van der Waals surface area contributed by atoms with Gasteiger partial charge in [0.25, 0.3) is 5.56 Å². The third kappa shape index (κ3) is 7.20. The summed E-state index contributed by atoms with van der Waals surface area (Å²) in [4.78, 5) is 15.1. The molecule has 5 rings (SSSR count). The maximum atomic E-state index is 13.5. The van der Waals surface area contributed by atoms with Crippen LogP contribution in [0.1, 0.15) is 48.5 Å². The first kappa shape index (κ1) is 28.9. The van der Waals surface area contributed by atoms with E-state index in [0.717, 1.165) is 59.3 Å². The minimum atomic E-state index is 0. The molecule has 0 aliphatic carbocycles. The molecular weight excluding hydrogens is 505 g/mol. The first-order chi connectivity index (χ1) is 17.2. The van der Waals surface area contributed by atoms with E-state index in [1.165, 1.54) is 25.1 Å². The normalized spacial score (nSPS) is 17.4. The lowest BCUT2D eigenvalue weighted by molar-refractivity contribution is -0.899. The number of fused-ring (bicyclic) bond motifs is 1. The summed E-state index contributed by atoms with van der Waals surface area (Å²) in [5.41, 5.74) is 3.56. The molecule has 196 valence electrons. The molecule has 1 aliphatic rings. The van der Waals surface area contributed by atoms with Crippen LogP contribution >= 0.6 is 11.6 Å². The Morgan fingerprint density at radius 2 is 1.57 bits per heavy atom. The molecule has 5 nitrogen and oxygen atoms in total. The van der Waals surface area contributed by atoms with Crippen LogP contribution in [0.2, 0.25) is 5.02 Å². The number of aromatic nitrogens is 2. The number of hydrogen-bond acceptors (Lipinski definition) is 2. The van der Waals surface area contributed by atoms with Crippen LogP contribution in [0.15, 0.2) is 83.7 Å². The molecule has 37 heavy (non-hydrogen) atoms. The zero-order valence-corrected chi connectivity index (χ0v) is 22.5. The summed E-state index contributed by atoms with van der Waals surface area (Å²) >= 11 is 6.08. The summed E-state index contributed by atoms with van der Waals surface area (Å²) in [6.45, 7) is 3.45. The minimum absolute atomic E-state index is 0. The standard InChI is InChI=1S/C30H32ClN3O.ClH.H2O/c31-25-16-14-24(15-17-25)22-29-27-12-4-5-13-28(27)30(35)34(32-29)26-11-7-20-33(21-18-26)19-6-10-23-8-2-1-3-9-23;;/h1-5,8-9,12-17,26H,6-7,10-11,18-22H2;1H;1H2. The van der Waals surface area contributed by atoms with Gasteiger partial charge in [0.1, 0.15) is 0 Å². The Bertz CT molecular complexity index is 1330. The zero-order chi connectivity index (χ0) is 24.0. The molecule has 0 bridgehead atoms. The molecule has 0 radical (unpaired) electrons. The smallest absolute Gasteiger partial charge is 0.274 e. The molecule has 2 heterocycles. The lowest BCUT2D eigenvalue weighted by Crippen LogP contribution is -3.11. The Hall–Kier alpha value is -2.70. The van der Waals surface area contributed by atoms with Crippen LogP contribution in [0.4, 0.5) is 0 Å². The molecule has 0 amide bonds. The lowest BCUT2D eigenvalue weighted by atomic mass is 10.0. The number of nitrogens with zero attached hydrogens (tertiary/aromatic N) is 2. The maximum absolute atomic E-state index is 13.5. The number of halogens is 2. The fourth-order valence-electron chi connectivity index (χ4n) is 5.36. The van der Waals surface area contributed by atoms with Gasteiger partial charge in [-0.25, -0.2) is 4.68 Å². The van der Waals surface area contributed by atoms with Crippen molar-refractivity contribution in [2.75, 3.05) is 19.6 Å². The van der Waals surface area contributed by atoms with Crippen molar-refractivity contribution < 1.29 is 22.8 Å². The average Bonchev–Trinajstić information content (AvgIpc) is 3.13. The first-order valence-electron chi connectivity index (χ1n) is 12.8. The van der Waals surface area contributed by atoms with E-state index in [4.69, 9.17) is 16.7 Å². The second kappa shape index (κ2) is 13.7. The number of benzene rings is 3. The van der Waals surface area contributed by atoms with Crippen molar-refractivity contribution in [2.24, 2.45) is 0 Å². The molecule has 1 aromatic heterocycles. The summed E-state index contributed by atoms with van der Waals surface area (Å²) in [6.07, 6.45) is 6.14. The Balaban J connectivity index is 0.00000190. The number of aryl methyl sites for hydroxylation is 1. The SMILES string of the molecule is O.O=c1c2ccccc2c(Cc2ccc(Cl)cc2)nn1C1CCC[NH+](CCCc2ccccc2)CC1.[Cl-]. The highest BCUT2D eigenvalue weighted by Gasteiger charge is 2.24. The van der Waals surface area contributed by atoms with Gasteiger partial charge in [-0.2, -0.15) is 5.10 Å². The van der Waals surface area contributed by atoms with Gasteiger partial charge < -0.3 is 22.8 Å². The highest BCUT2D eigenvalue weighted by atomic mass is 35.5. The minimum Gasteiger partial charge on any atom is -1.00 e. The van der Waals surface area contributed by atoms with Gasteiger partial charge in [0.05, 0.1) is 36.8 Å². The van der Waals surface area contributed by atoms with E-state index in [0.29, 0.717) is 6.42 Å². The van der Waals surface area contributed by atoms with Gasteiger partial charge in [-0.05, 0) is 48.6 Å². The van der Waals surface area contributed by atoms with Crippen molar-refractivity contribution in [1.82, 2.24) is 9.78 Å². The van der Waals surface area contributed by atoms with E-state index in [1.54, 1.807) is 9.58 Å². The highest BCUT2D eigenvalue weighted by Crippen LogP contribution is 2.22. The van der Waals surface area contributed by atoms with E-state index in [-0.39, 0.29) is 29.5 Å². The van der Waals surface area contributed by atoms with Crippen molar-refractivity contribution in [1.29, 1.82) is 0 Å². The van der Waals surface area contributed by atoms with Crippen molar-refractivity contribution >= 4 is 22.4 Å². The monoisotopic (exact) mass is 539 g/mol. The van der Waals surface area contributed by atoms with Gasteiger partial charge in [-0.3, -0.25) is 4.79 Å². The van der Waals surface area contributed by atoms with E-state index in [1.807, 2.05) is 48.5 Å². The van der Waals surface area contributed by atoms with Crippen LogP contribution in [-0.4, -0.2) is 34.9 Å². The summed E-state index contributed by atoms with van der Waals surface area (Å²) in [7, 11) is 0. The Morgan fingerprint density at radius 1 is 0.865 bits per heavy atom. The predicted molar refractivity (Wildman–Crippen MR) is 147 cm³/mol. The van der Waals surface area contributed by atoms with Gasteiger partial charge in [-0.15, -0.1) is 0 Å². The predicted octanol–water partition coefficient (Wildman–Crippen LogP) is 1.06. The first-order valence-corrected chi connectivity index (χ1v) is 13.2. The van der Waals surface area contributed by atoms with Gasteiger partial charge in [-0.1, -0.05) is 72.3 Å². The second-order valence-electron chi connectivity index (χ2n) is 9.72. The fraction of sp³-hybridized carbons (Fsp3) is 0.333. The summed E-state index contributed by atoms with van der Waals surface area (Å²) in [6, 6.07) is 26.7. The molecule has 0 spiro atoms. The average molecular weight is 541 g/mol. The largest absolute Gasteiger partial charge is 1.00 e. The number of rotatable bonds is 7. The van der Waals surface area contributed by atoms with Gasteiger partial charge >= 0.3 is 0 Å². The summed E-state index contributed by atoms with van der Waals surface area (Å²) < 4.78 is 1.81. The molecule has 0 saturated carbocycles. The number of nitrogens with one attached hydrogen (secondary N) is 1. The van der Waals surface area contributed by atoms with Crippen molar-refractivity contribution in [2.45, 2.75) is 44.6 Å². The van der Waals surface area contributed by atoms with Crippen LogP contribution in [0.25, 0.3) is 10.8 Å². The molecule has 3 aromatic carbocycles. The third-order valence-electron chi connectivity index (χ3n) is 7.27. The quantitative estimate of drug-likeness (QED) is 0.381. The van der Waals surface area contributed by atoms with E-state index in [9.17, 15) is 4.79 Å².